The lowest BCUT2D eigenvalue weighted by Crippen LogP contribution is -2.40. The van der Waals surface area contributed by atoms with Crippen LogP contribution in [0.1, 0.15) is 0 Å². The first kappa shape index (κ1) is 7.49. The molecule has 0 amide bonds. The average Bonchev–Trinajstić information content (AvgIpc) is 2.21. The fourth-order valence-electron chi connectivity index (χ4n) is 1.31. The fraction of sp³-hybridized carbons (Fsp3) is 0.500. The van der Waals surface area contributed by atoms with Gasteiger partial charge in [0.2, 0.25) is 0 Å². The first-order chi connectivity index (χ1) is 5.97. The molecule has 1 radical (unpaired) electrons. The molecule has 0 saturated carbocycles. The summed E-state index contributed by atoms with van der Waals surface area (Å²) in [4.78, 5) is 10.3. The van der Waals surface area contributed by atoms with E-state index in [1.807, 2.05) is 6.07 Å². The summed E-state index contributed by atoms with van der Waals surface area (Å²) in [6.07, 6.45) is 3.36. The largest absolute Gasteiger partial charge is 0.354 e. The SMILES string of the molecule is c1cc(N2CC[N]CC2)ncn1. The van der Waals surface area contributed by atoms with Gasteiger partial charge in [-0.3, -0.25) is 0 Å². The van der Waals surface area contributed by atoms with Crippen molar-refractivity contribution in [2.75, 3.05) is 31.1 Å². The summed E-state index contributed by atoms with van der Waals surface area (Å²) in [6, 6.07) is 1.94. The normalized spacial score (nSPS) is 17.8. The Morgan fingerprint density at radius 3 is 2.75 bits per heavy atom. The van der Waals surface area contributed by atoms with E-state index < -0.39 is 0 Å². The summed E-state index contributed by atoms with van der Waals surface area (Å²) in [5, 5.41) is 4.27. The van der Waals surface area contributed by atoms with Crippen LogP contribution in [0.15, 0.2) is 18.6 Å². The molecule has 12 heavy (non-hydrogen) atoms. The molecule has 1 saturated heterocycles. The van der Waals surface area contributed by atoms with Crippen LogP contribution >= 0.6 is 0 Å². The monoisotopic (exact) mass is 163 g/mol. The van der Waals surface area contributed by atoms with Crippen LogP contribution in [0.25, 0.3) is 0 Å². The van der Waals surface area contributed by atoms with Crippen molar-refractivity contribution in [2.45, 2.75) is 0 Å². The first-order valence-electron chi connectivity index (χ1n) is 4.11. The van der Waals surface area contributed by atoms with Crippen molar-refractivity contribution < 1.29 is 0 Å². The summed E-state index contributed by atoms with van der Waals surface area (Å²) < 4.78 is 0. The van der Waals surface area contributed by atoms with Crippen molar-refractivity contribution >= 4 is 5.82 Å². The highest BCUT2D eigenvalue weighted by molar-refractivity contribution is 5.36. The van der Waals surface area contributed by atoms with Gasteiger partial charge in [0.15, 0.2) is 0 Å². The zero-order valence-corrected chi connectivity index (χ0v) is 6.85. The molecule has 1 aromatic heterocycles. The van der Waals surface area contributed by atoms with Crippen molar-refractivity contribution in [2.24, 2.45) is 0 Å². The molecule has 1 aliphatic rings. The number of hydrogen-bond acceptors (Lipinski definition) is 3. The van der Waals surface area contributed by atoms with Crippen LogP contribution in [-0.2, 0) is 0 Å². The molecular weight excluding hydrogens is 152 g/mol. The summed E-state index contributed by atoms with van der Waals surface area (Å²) in [5.74, 6) is 1.01. The van der Waals surface area contributed by atoms with E-state index in [1.54, 1.807) is 12.5 Å². The molecule has 0 bridgehead atoms. The fourth-order valence-corrected chi connectivity index (χ4v) is 1.31. The third-order valence-electron chi connectivity index (χ3n) is 1.95. The van der Waals surface area contributed by atoms with E-state index >= 15 is 0 Å². The number of aromatic nitrogens is 2. The highest BCUT2D eigenvalue weighted by Crippen LogP contribution is 2.08. The van der Waals surface area contributed by atoms with Crippen LogP contribution in [0.5, 0.6) is 0 Å². The van der Waals surface area contributed by atoms with E-state index in [4.69, 9.17) is 0 Å². The minimum atomic E-state index is 0.921. The van der Waals surface area contributed by atoms with Crippen molar-refractivity contribution in [1.82, 2.24) is 15.3 Å². The number of rotatable bonds is 1. The Kier molecular flexibility index (Phi) is 2.18. The number of anilines is 1. The summed E-state index contributed by atoms with van der Waals surface area (Å²) >= 11 is 0. The van der Waals surface area contributed by atoms with Gasteiger partial charge in [-0.2, -0.15) is 0 Å². The average molecular weight is 163 g/mol. The van der Waals surface area contributed by atoms with Gasteiger partial charge in [-0.1, -0.05) is 0 Å². The minimum absolute atomic E-state index is 0.921. The Balaban J connectivity index is 2.08. The van der Waals surface area contributed by atoms with Gasteiger partial charge in [0.1, 0.15) is 12.1 Å². The maximum Gasteiger partial charge on any atom is 0.131 e. The number of piperazine rings is 1. The smallest absolute Gasteiger partial charge is 0.131 e. The van der Waals surface area contributed by atoms with Gasteiger partial charge in [0.05, 0.1) is 0 Å². The van der Waals surface area contributed by atoms with Gasteiger partial charge >= 0.3 is 0 Å². The lowest BCUT2D eigenvalue weighted by Gasteiger charge is -2.26. The van der Waals surface area contributed by atoms with E-state index in [-0.39, 0.29) is 0 Å². The zero-order chi connectivity index (χ0) is 8.23. The lowest BCUT2D eigenvalue weighted by molar-refractivity contribution is 0.574. The topological polar surface area (TPSA) is 43.1 Å². The molecule has 1 aliphatic heterocycles. The summed E-state index contributed by atoms with van der Waals surface area (Å²) in [7, 11) is 0. The van der Waals surface area contributed by atoms with E-state index in [0.717, 1.165) is 32.0 Å². The van der Waals surface area contributed by atoms with Gasteiger partial charge < -0.3 is 4.90 Å². The molecule has 0 unspecified atom stereocenters. The predicted octanol–water partition coefficient (Wildman–Crippen LogP) is -0.0990. The van der Waals surface area contributed by atoms with Crippen LogP contribution in [-0.4, -0.2) is 36.1 Å². The first-order valence-corrected chi connectivity index (χ1v) is 4.11. The highest BCUT2D eigenvalue weighted by Gasteiger charge is 2.10. The van der Waals surface area contributed by atoms with E-state index in [2.05, 4.69) is 20.2 Å². The van der Waals surface area contributed by atoms with Gasteiger partial charge in [0, 0.05) is 32.4 Å². The second-order valence-electron chi connectivity index (χ2n) is 2.73. The van der Waals surface area contributed by atoms with Crippen LogP contribution in [0.3, 0.4) is 0 Å². The quantitative estimate of drug-likeness (QED) is 0.580. The third-order valence-corrected chi connectivity index (χ3v) is 1.95. The second kappa shape index (κ2) is 3.49. The summed E-state index contributed by atoms with van der Waals surface area (Å²) in [6.45, 7) is 3.81. The van der Waals surface area contributed by atoms with Gasteiger partial charge in [0.25, 0.3) is 0 Å². The summed E-state index contributed by atoms with van der Waals surface area (Å²) in [5.41, 5.74) is 0. The molecule has 2 heterocycles. The molecule has 0 spiro atoms. The zero-order valence-electron chi connectivity index (χ0n) is 6.85. The van der Waals surface area contributed by atoms with Crippen LogP contribution in [0.4, 0.5) is 5.82 Å². The van der Waals surface area contributed by atoms with E-state index in [1.165, 1.54) is 0 Å². The third kappa shape index (κ3) is 1.53. The molecule has 2 rings (SSSR count). The Labute approximate surface area is 71.6 Å². The van der Waals surface area contributed by atoms with Crippen LogP contribution in [0, 0.1) is 0 Å². The van der Waals surface area contributed by atoms with Gasteiger partial charge in [-0.25, -0.2) is 15.3 Å². The van der Waals surface area contributed by atoms with Crippen molar-refractivity contribution in [3.63, 3.8) is 0 Å². The minimum Gasteiger partial charge on any atom is -0.354 e. The van der Waals surface area contributed by atoms with Crippen LogP contribution < -0.4 is 10.2 Å². The molecule has 1 aromatic rings. The van der Waals surface area contributed by atoms with E-state index in [9.17, 15) is 0 Å². The molecule has 63 valence electrons. The van der Waals surface area contributed by atoms with Gasteiger partial charge in [-0.15, -0.1) is 0 Å². The molecule has 4 heteroatoms. The Hall–Kier alpha value is -1.16. The molecule has 0 aromatic carbocycles. The van der Waals surface area contributed by atoms with Crippen LogP contribution in [0.2, 0.25) is 0 Å². The molecule has 0 aliphatic carbocycles. The molecule has 0 atom stereocenters. The van der Waals surface area contributed by atoms with Crippen molar-refractivity contribution in [3.05, 3.63) is 18.6 Å². The predicted molar refractivity (Wildman–Crippen MR) is 46.1 cm³/mol. The number of hydrogen-bond donors (Lipinski definition) is 0. The molecule has 0 N–H and O–H groups in total. The number of nitrogens with zero attached hydrogens (tertiary/aromatic N) is 4. The molecular formula is C8H11N4. The van der Waals surface area contributed by atoms with Gasteiger partial charge in [-0.05, 0) is 6.07 Å². The highest BCUT2D eigenvalue weighted by atomic mass is 15.2. The van der Waals surface area contributed by atoms with Crippen molar-refractivity contribution in [1.29, 1.82) is 0 Å². The Morgan fingerprint density at radius 2 is 2.08 bits per heavy atom. The Bertz CT molecular complexity index is 230. The lowest BCUT2D eigenvalue weighted by atomic mass is 10.3. The second-order valence-corrected chi connectivity index (χ2v) is 2.73. The maximum atomic E-state index is 4.27. The maximum absolute atomic E-state index is 4.27. The Morgan fingerprint density at radius 1 is 1.25 bits per heavy atom. The standard InChI is InChI=1S/C8H11N4/c1-2-10-7-11-8(1)12-5-3-9-4-6-12/h1-2,7H,3-6H2. The van der Waals surface area contributed by atoms with E-state index in [0.29, 0.717) is 0 Å². The molecule has 1 fully saturated rings. The van der Waals surface area contributed by atoms with Crippen molar-refractivity contribution in [3.8, 4) is 0 Å². The molecule has 4 nitrogen and oxygen atoms in total.